The average Bonchev–Trinajstić information content (AvgIpc) is 2.88. The SMILES string of the molecule is CC1CCC(CNC(=O)C2(C#N)CCCC2)CC1. The number of nitrogens with zero attached hydrogens (tertiary/aromatic N) is 1. The molecule has 0 bridgehead atoms. The summed E-state index contributed by atoms with van der Waals surface area (Å²) in [6, 6.07) is 2.26. The molecular weight excluding hydrogens is 224 g/mol. The van der Waals surface area contributed by atoms with Gasteiger partial charge in [-0.1, -0.05) is 32.6 Å². The minimum absolute atomic E-state index is 0.0129. The van der Waals surface area contributed by atoms with E-state index in [9.17, 15) is 10.1 Å². The van der Waals surface area contributed by atoms with Gasteiger partial charge in [-0.25, -0.2) is 0 Å². The van der Waals surface area contributed by atoms with Crippen molar-refractivity contribution in [3.63, 3.8) is 0 Å². The lowest BCUT2D eigenvalue weighted by atomic mass is 9.82. The van der Waals surface area contributed by atoms with E-state index in [1.54, 1.807) is 0 Å². The van der Waals surface area contributed by atoms with Crippen LogP contribution in [-0.4, -0.2) is 12.5 Å². The van der Waals surface area contributed by atoms with E-state index in [1.807, 2.05) is 0 Å². The molecular formula is C15H24N2O. The fourth-order valence-electron chi connectivity index (χ4n) is 3.31. The maximum absolute atomic E-state index is 12.2. The van der Waals surface area contributed by atoms with Crippen LogP contribution in [0.4, 0.5) is 0 Å². The van der Waals surface area contributed by atoms with Crippen molar-refractivity contribution < 1.29 is 4.79 Å². The van der Waals surface area contributed by atoms with Crippen LogP contribution in [0, 0.1) is 28.6 Å². The molecule has 0 aromatic rings. The Morgan fingerprint density at radius 2 is 1.89 bits per heavy atom. The lowest BCUT2D eigenvalue weighted by Gasteiger charge is -2.27. The molecule has 0 heterocycles. The standard InChI is InChI=1S/C15H24N2O/c1-12-4-6-13(7-5-12)10-17-14(18)15(11-16)8-2-3-9-15/h12-13H,2-10H2,1H3,(H,17,18). The monoisotopic (exact) mass is 248 g/mol. The van der Waals surface area contributed by atoms with Crippen molar-refractivity contribution in [2.24, 2.45) is 17.3 Å². The van der Waals surface area contributed by atoms with E-state index in [0.717, 1.165) is 38.1 Å². The Labute approximate surface area is 110 Å². The maximum atomic E-state index is 12.2. The molecule has 0 radical (unpaired) electrons. The maximum Gasteiger partial charge on any atom is 0.240 e. The van der Waals surface area contributed by atoms with E-state index in [-0.39, 0.29) is 5.91 Å². The normalized spacial score (nSPS) is 30.7. The predicted octanol–water partition coefficient (Wildman–Crippen LogP) is 3.01. The minimum atomic E-state index is -0.706. The molecule has 100 valence electrons. The van der Waals surface area contributed by atoms with Gasteiger partial charge in [-0.2, -0.15) is 5.26 Å². The smallest absolute Gasteiger partial charge is 0.240 e. The minimum Gasteiger partial charge on any atom is -0.354 e. The highest BCUT2D eigenvalue weighted by Crippen LogP contribution is 2.37. The number of carbonyl (C=O) groups excluding carboxylic acids is 1. The fraction of sp³-hybridized carbons (Fsp3) is 0.867. The summed E-state index contributed by atoms with van der Waals surface area (Å²) in [6.45, 7) is 3.08. The molecule has 0 atom stereocenters. The van der Waals surface area contributed by atoms with Crippen LogP contribution in [0.15, 0.2) is 0 Å². The van der Waals surface area contributed by atoms with Gasteiger partial charge < -0.3 is 5.32 Å². The van der Waals surface area contributed by atoms with Gasteiger partial charge in [0.25, 0.3) is 0 Å². The van der Waals surface area contributed by atoms with E-state index in [2.05, 4.69) is 18.3 Å². The molecule has 3 heteroatoms. The molecule has 0 aromatic carbocycles. The highest BCUT2D eigenvalue weighted by molar-refractivity contribution is 5.85. The van der Waals surface area contributed by atoms with Crippen LogP contribution in [0.5, 0.6) is 0 Å². The van der Waals surface area contributed by atoms with Gasteiger partial charge in [-0.15, -0.1) is 0 Å². The molecule has 0 spiro atoms. The zero-order chi connectivity index (χ0) is 13.0. The zero-order valence-electron chi connectivity index (χ0n) is 11.4. The molecule has 2 aliphatic rings. The molecule has 2 aliphatic carbocycles. The van der Waals surface area contributed by atoms with E-state index >= 15 is 0 Å². The number of rotatable bonds is 3. The first-order valence-corrected chi connectivity index (χ1v) is 7.36. The number of amides is 1. The molecule has 2 rings (SSSR count). The van der Waals surface area contributed by atoms with Gasteiger partial charge in [0.15, 0.2) is 0 Å². The summed E-state index contributed by atoms with van der Waals surface area (Å²) in [5.74, 6) is 1.46. The lowest BCUT2D eigenvalue weighted by molar-refractivity contribution is -0.128. The second-order valence-corrected chi connectivity index (χ2v) is 6.24. The van der Waals surface area contributed by atoms with Crippen LogP contribution in [0.3, 0.4) is 0 Å². The number of nitriles is 1. The molecule has 1 amide bonds. The molecule has 1 N–H and O–H groups in total. The molecule has 2 fully saturated rings. The number of hydrogen-bond donors (Lipinski definition) is 1. The zero-order valence-corrected chi connectivity index (χ0v) is 11.4. The van der Waals surface area contributed by atoms with E-state index in [1.165, 1.54) is 25.7 Å². The van der Waals surface area contributed by atoms with E-state index in [4.69, 9.17) is 0 Å². The summed E-state index contributed by atoms with van der Waals surface area (Å²) >= 11 is 0. The Morgan fingerprint density at radius 3 is 2.44 bits per heavy atom. The van der Waals surface area contributed by atoms with Gasteiger partial charge in [0, 0.05) is 6.54 Å². The highest BCUT2D eigenvalue weighted by Gasteiger charge is 2.41. The van der Waals surface area contributed by atoms with Gasteiger partial charge in [-0.05, 0) is 37.5 Å². The Morgan fingerprint density at radius 1 is 1.28 bits per heavy atom. The van der Waals surface area contributed by atoms with Crippen LogP contribution in [0.2, 0.25) is 0 Å². The van der Waals surface area contributed by atoms with Gasteiger partial charge in [0.2, 0.25) is 5.91 Å². The van der Waals surface area contributed by atoms with E-state index < -0.39 is 5.41 Å². The fourth-order valence-corrected chi connectivity index (χ4v) is 3.31. The topological polar surface area (TPSA) is 52.9 Å². The quantitative estimate of drug-likeness (QED) is 0.834. The summed E-state index contributed by atoms with van der Waals surface area (Å²) in [7, 11) is 0. The third-order valence-electron chi connectivity index (χ3n) is 4.79. The van der Waals surface area contributed by atoms with Crippen LogP contribution >= 0.6 is 0 Å². The lowest BCUT2D eigenvalue weighted by Crippen LogP contribution is -2.41. The van der Waals surface area contributed by atoms with Crippen LogP contribution in [-0.2, 0) is 4.79 Å². The summed E-state index contributed by atoms with van der Waals surface area (Å²) in [5, 5.41) is 12.3. The second-order valence-electron chi connectivity index (χ2n) is 6.24. The van der Waals surface area contributed by atoms with Crippen molar-refractivity contribution in [1.29, 1.82) is 5.26 Å². The second kappa shape index (κ2) is 5.73. The molecule has 0 aliphatic heterocycles. The van der Waals surface area contributed by atoms with Crippen molar-refractivity contribution in [3.8, 4) is 6.07 Å². The summed E-state index contributed by atoms with van der Waals surface area (Å²) in [4.78, 5) is 12.2. The molecule has 3 nitrogen and oxygen atoms in total. The third-order valence-corrected chi connectivity index (χ3v) is 4.79. The molecule has 18 heavy (non-hydrogen) atoms. The van der Waals surface area contributed by atoms with Gasteiger partial charge in [-0.3, -0.25) is 4.79 Å². The van der Waals surface area contributed by atoms with Crippen LogP contribution < -0.4 is 5.32 Å². The largest absolute Gasteiger partial charge is 0.354 e. The first kappa shape index (κ1) is 13.4. The summed E-state index contributed by atoms with van der Waals surface area (Å²) < 4.78 is 0. The first-order valence-electron chi connectivity index (χ1n) is 7.36. The highest BCUT2D eigenvalue weighted by atomic mass is 16.2. The van der Waals surface area contributed by atoms with E-state index in [0.29, 0.717) is 5.92 Å². The Balaban J connectivity index is 1.79. The summed E-state index contributed by atoms with van der Waals surface area (Å²) in [5.41, 5.74) is -0.706. The number of carbonyl (C=O) groups is 1. The summed E-state index contributed by atoms with van der Waals surface area (Å²) in [6.07, 6.45) is 8.54. The van der Waals surface area contributed by atoms with Crippen molar-refractivity contribution in [1.82, 2.24) is 5.32 Å². The van der Waals surface area contributed by atoms with Crippen LogP contribution in [0.1, 0.15) is 58.3 Å². The average molecular weight is 248 g/mol. The Bertz CT molecular complexity index is 331. The first-order chi connectivity index (χ1) is 8.66. The molecule has 0 unspecified atom stereocenters. The predicted molar refractivity (Wildman–Crippen MR) is 70.6 cm³/mol. The van der Waals surface area contributed by atoms with Gasteiger partial charge >= 0.3 is 0 Å². The molecule has 0 aromatic heterocycles. The van der Waals surface area contributed by atoms with Crippen molar-refractivity contribution in [2.45, 2.75) is 58.3 Å². The van der Waals surface area contributed by atoms with Crippen LogP contribution in [0.25, 0.3) is 0 Å². The number of hydrogen-bond acceptors (Lipinski definition) is 2. The van der Waals surface area contributed by atoms with Crippen molar-refractivity contribution >= 4 is 5.91 Å². The Hall–Kier alpha value is -1.04. The third kappa shape index (κ3) is 2.85. The Kier molecular flexibility index (Phi) is 4.27. The number of nitrogens with one attached hydrogen (secondary N) is 1. The van der Waals surface area contributed by atoms with Crippen molar-refractivity contribution in [2.75, 3.05) is 6.54 Å². The molecule has 0 saturated heterocycles. The van der Waals surface area contributed by atoms with Gasteiger partial charge in [0.05, 0.1) is 6.07 Å². The van der Waals surface area contributed by atoms with Crippen molar-refractivity contribution in [3.05, 3.63) is 0 Å². The molecule has 2 saturated carbocycles. The van der Waals surface area contributed by atoms with Gasteiger partial charge in [0.1, 0.15) is 5.41 Å².